The predicted molar refractivity (Wildman–Crippen MR) is 67.3 cm³/mol. The van der Waals surface area contributed by atoms with E-state index in [2.05, 4.69) is 4.74 Å². The van der Waals surface area contributed by atoms with Gasteiger partial charge in [-0.15, -0.1) is 0 Å². The van der Waals surface area contributed by atoms with Crippen LogP contribution < -0.4 is 0 Å². The molecule has 0 atom stereocenters. The summed E-state index contributed by atoms with van der Waals surface area (Å²) in [5, 5.41) is 10.0. The summed E-state index contributed by atoms with van der Waals surface area (Å²) >= 11 is 4.72. The van der Waals surface area contributed by atoms with Crippen molar-refractivity contribution in [2.24, 2.45) is 0 Å². The molecule has 5 nitrogen and oxygen atoms in total. The number of nitrogens with zero attached hydrogens (tertiary/aromatic N) is 1. The number of carbonyl (C=O) groups excluding carboxylic acids is 1. The van der Waals surface area contributed by atoms with Gasteiger partial charge in [0.15, 0.2) is 0 Å². The summed E-state index contributed by atoms with van der Waals surface area (Å²) in [6, 6.07) is 7.93. The van der Waals surface area contributed by atoms with Gasteiger partial charge in [0.25, 0.3) is 5.69 Å². The molecule has 0 radical (unpaired) electrons. The number of nitro benzene ring substituents is 1. The average molecular weight is 262 g/mol. The molecule has 0 aliphatic carbocycles. The molecule has 0 saturated carbocycles. The van der Waals surface area contributed by atoms with Crippen molar-refractivity contribution in [2.75, 3.05) is 6.61 Å². The van der Waals surface area contributed by atoms with E-state index in [4.69, 9.17) is 11.6 Å². The molecule has 1 aromatic carbocycles. The van der Waals surface area contributed by atoms with Gasteiger partial charge >= 0.3 is 5.43 Å². The van der Waals surface area contributed by atoms with Gasteiger partial charge < -0.3 is 4.74 Å². The Balaban J connectivity index is 0. The van der Waals surface area contributed by atoms with Crippen LogP contribution in [0.5, 0.6) is 0 Å². The van der Waals surface area contributed by atoms with Gasteiger partial charge in [-0.2, -0.15) is 0 Å². The van der Waals surface area contributed by atoms with E-state index in [1.807, 2.05) is 13.8 Å². The van der Waals surface area contributed by atoms with Crippen molar-refractivity contribution >= 4 is 22.7 Å². The number of ether oxygens (including phenoxy) is 1. The van der Waals surface area contributed by atoms with Crippen molar-refractivity contribution in [3.05, 3.63) is 40.4 Å². The number of halogens is 1. The fourth-order valence-corrected chi connectivity index (χ4v) is 0.772. The predicted octanol–water partition coefficient (Wildman–Crippen LogP) is 4.00. The number of nitro groups is 1. The molecule has 0 aliphatic rings. The number of para-hydroxylation sites is 1. The van der Waals surface area contributed by atoms with E-state index in [9.17, 15) is 14.9 Å². The van der Waals surface area contributed by atoms with Crippen molar-refractivity contribution in [3.63, 3.8) is 0 Å². The summed E-state index contributed by atoms with van der Waals surface area (Å²) < 4.78 is 4.17. The standard InChI is InChI=1S/C6H5NO2.C3H5ClO2.C2H6/c8-7(9)6-4-2-1-3-5-6;1-2-6-3(4)5;1-2/h1-5H;2H2,1H3;1-2H3. The summed E-state index contributed by atoms with van der Waals surface area (Å²) in [6.07, 6.45) is 0. The fraction of sp³-hybridized carbons (Fsp3) is 0.364. The molecule has 1 aromatic rings. The van der Waals surface area contributed by atoms with Crippen LogP contribution >= 0.6 is 11.6 Å². The van der Waals surface area contributed by atoms with Crippen LogP contribution in [0.2, 0.25) is 0 Å². The van der Waals surface area contributed by atoms with E-state index in [0.29, 0.717) is 6.61 Å². The van der Waals surface area contributed by atoms with Crippen LogP contribution in [-0.2, 0) is 4.74 Å². The number of rotatable bonds is 2. The quantitative estimate of drug-likeness (QED) is 0.458. The first kappa shape index (κ1) is 17.8. The Morgan fingerprint density at radius 2 is 1.82 bits per heavy atom. The molecule has 1 rings (SSSR count). The lowest BCUT2D eigenvalue weighted by Gasteiger charge is -1.86. The maximum absolute atomic E-state index is 10.0. The van der Waals surface area contributed by atoms with Gasteiger partial charge in [-0.3, -0.25) is 10.1 Å². The molecule has 0 saturated heterocycles. The molecule has 0 unspecified atom stereocenters. The number of non-ortho nitro benzene ring substituents is 1. The van der Waals surface area contributed by atoms with Gasteiger partial charge in [0.05, 0.1) is 11.5 Å². The molecule has 0 N–H and O–H groups in total. The van der Waals surface area contributed by atoms with Crippen molar-refractivity contribution in [1.29, 1.82) is 0 Å². The van der Waals surface area contributed by atoms with Gasteiger partial charge in [-0.05, 0) is 6.92 Å². The normalized spacial score (nSPS) is 7.76. The van der Waals surface area contributed by atoms with Gasteiger partial charge in [0.1, 0.15) is 0 Å². The minimum Gasteiger partial charge on any atom is -0.454 e. The molecule has 0 heterocycles. The number of hydrogen-bond donors (Lipinski definition) is 0. The average Bonchev–Trinajstić information content (AvgIpc) is 2.33. The minimum atomic E-state index is -0.738. The van der Waals surface area contributed by atoms with Crippen LogP contribution in [0.15, 0.2) is 30.3 Å². The number of carbonyl (C=O) groups is 1. The first-order valence-corrected chi connectivity index (χ1v) is 5.47. The Morgan fingerprint density at radius 1 is 1.35 bits per heavy atom. The van der Waals surface area contributed by atoms with Gasteiger partial charge in [0.2, 0.25) is 0 Å². The van der Waals surface area contributed by atoms with Gasteiger partial charge in [-0.25, -0.2) is 4.79 Å². The summed E-state index contributed by atoms with van der Waals surface area (Å²) in [7, 11) is 0. The highest BCUT2D eigenvalue weighted by Gasteiger charge is 1.98. The largest absolute Gasteiger partial charge is 0.454 e. The first-order chi connectivity index (χ1) is 8.07. The lowest BCUT2D eigenvalue weighted by atomic mass is 10.3. The number of hydrogen-bond acceptors (Lipinski definition) is 4. The smallest absolute Gasteiger partial charge is 0.403 e. The molecular weight excluding hydrogens is 246 g/mol. The maximum Gasteiger partial charge on any atom is 0.403 e. The monoisotopic (exact) mass is 261 g/mol. The van der Waals surface area contributed by atoms with Crippen LogP contribution in [0.4, 0.5) is 10.5 Å². The topological polar surface area (TPSA) is 69.4 Å². The van der Waals surface area contributed by atoms with Crippen LogP contribution in [0, 0.1) is 10.1 Å². The second-order valence-corrected chi connectivity index (χ2v) is 2.57. The second kappa shape index (κ2) is 12.4. The minimum absolute atomic E-state index is 0.137. The maximum atomic E-state index is 10.0. The zero-order chi connectivity index (χ0) is 13.7. The van der Waals surface area contributed by atoms with Crippen LogP contribution in [0.1, 0.15) is 20.8 Å². The molecule has 96 valence electrons. The molecule has 6 heteroatoms. The molecular formula is C11H16ClNO4. The van der Waals surface area contributed by atoms with Gasteiger partial charge in [0, 0.05) is 23.7 Å². The lowest BCUT2D eigenvalue weighted by Crippen LogP contribution is -1.89. The molecule has 0 aliphatic heterocycles. The number of benzene rings is 1. The highest BCUT2D eigenvalue weighted by molar-refractivity contribution is 6.61. The Hall–Kier alpha value is -1.62. The summed E-state index contributed by atoms with van der Waals surface area (Å²) in [6.45, 7) is 6.04. The van der Waals surface area contributed by atoms with E-state index < -0.39 is 10.4 Å². The van der Waals surface area contributed by atoms with E-state index in [1.54, 1.807) is 25.1 Å². The second-order valence-electron chi connectivity index (χ2n) is 2.26. The third-order valence-corrected chi connectivity index (χ3v) is 1.33. The molecule has 0 fully saturated rings. The van der Waals surface area contributed by atoms with Crippen LogP contribution in [0.3, 0.4) is 0 Å². The molecule has 0 spiro atoms. The van der Waals surface area contributed by atoms with E-state index in [-0.39, 0.29) is 5.69 Å². The molecule has 17 heavy (non-hydrogen) atoms. The van der Waals surface area contributed by atoms with Crippen molar-refractivity contribution in [3.8, 4) is 0 Å². The molecule has 0 bridgehead atoms. The van der Waals surface area contributed by atoms with Crippen LogP contribution in [0.25, 0.3) is 0 Å². The zero-order valence-electron chi connectivity index (χ0n) is 10.1. The van der Waals surface area contributed by atoms with E-state index in [1.165, 1.54) is 12.1 Å². The van der Waals surface area contributed by atoms with Crippen molar-refractivity contribution < 1.29 is 14.5 Å². The summed E-state index contributed by atoms with van der Waals surface area (Å²) in [4.78, 5) is 19.2. The highest BCUT2D eigenvalue weighted by Crippen LogP contribution is 2.06. The van der Waals surface area contributed by atoms with Crippen LogP contribution in [-0.4, -0.2) is 17.0 Å². The fourth-order valence-electron chi connectivity index (χ4n) is 0.663. The van der Waals surface area contributed by atoms with Crippen molar-refractivity contribution in [1.82, 2.24) is 0 Å². The SMILES string of the molecule is CC.CCOC(=O)Cl.O=[N+]([O-])c1ccccc1. The Morgan fingerprint density at radius 3 is 2.00 bits per heavy atom. The third-order valence-electron chi connectivity index (χ3n) is 1.22. The lowest BCUT2D eigenvalue weighted by molar-refractivity contribution is -0.384. The summed E-state index contributed by atoms with van der Waals surface area (Å²) in [5.74, 6) is 0. The zero-order valence-corrected chi connectivity index (χ0v) is 10.8. The third kappa shape index (κ3) is 12.3. The van der Waals surface area contributed by atoms with Crippen molar-refractivity contribution in [2.45, 2.75) is 20.8 Å². The Labute approximate surface area is 105 Å². The van der Waals surface area contributed by atoms with E-state index >= 15 is 0 Å². The Kier molecular flexibility index (Phi) is 13.0. The van der Waals surface area contributed by atoms with E-state index in [0.717, 1.165) is 0 Å². The molecule has 0 amide bonds. The highest BCUT2D eigenvalue weighted by atomic mass is 35.5. The first-order valence-electron chi connectivity index (χ1n) is 5.09. The molecule has 0 aromatic heterocycles. The Bertz CT molecular complexity index is 317. The van der Waals surface area contributed by atoms with Gasteiger partial charge in [-0.1, -0.05) is 32.0 Å². The summed E-state index contributed by atoms with van der Waals surface area (Å²) in [5.41, 5.74) is -0.602.